The van der Waals surface area contributed by atoms with Crippen LogP contribution in [0.5, 0.6) is 0 Å². The van der Waals surface area contributed by atoms with Crippen molar-refractivity contribution >= 4 is 23.2 Å². The minimum atomic E-state index is 0.0792. The van der Waals surface area contributed by atoms with Crippen molar-refractivity contribution in [1.82, 2.24) is 14.7 Å². The van der Waals surface area contributed by atoms with E-state index in [1.165, 1.54) is 11.3 Å². The highest BCUT2D eigenvalue weighted by Gasteiger charge is 2.54. The van der Waals surface area contributed by atoms with E-state index < -0.39 is 0 Å². The lowest BCUT2D eigenvalue weighted by molar-refractivity contribution is -0.149. The van der Waals surface area contributed by atoms with Crippen LogP contribution in [0.15, 0.2) is 29.7 Å². The molecule has 0 atom stereocenters. The largest absolute Gasteiger partial charge is 0.338 e. The van der Waals surface area contributed by atoms with Crippen LogP contribution in [-0.2, 0) is 4.79 Å². The normalized spacial score (nSPS) is 18.2. The Kier molecular flexibility index (Phi) is 6.18. The van der Waals surface area contributed by atoms with Gasteiger partial charge in [-0.25, -0.2) is 0 Å². The lowest BCUT2D eigenvalue weighted by Crippen LogP contribution is -2.73. The molecule has 0 N–H and O–H groups in total. The number of likely N-dealkylation sites (N-methyl/N-ethyl adjacent to an activating group) is 1. The molecule has 0 unspecified atom stereocenters. The summed E-state index contributed by atoms with van der Waals surface area (Å²) in [5.74, 6) is 0.201. The van der Waals surface area contributed by atoms with E-state index in [0.29, 0.717) is 0 Å². The minimum absolute atomic E-state index is 0.0792. The van der Waals surface area contributed by atoms with Crippen molar-refractivity contribution in [3.05, 3.63) is 34.5 Å². The fourth-order valence-corrected chi connectivity index (χ4v) is 3.74. The van der Waals surface area contributed by atoms with Gasteiger partial charge in [-0.1, -0.05) is 26.0 Å². The van der Waals surface area contributed by atoms with Crippen LogP contribution in [0.3, 0.4) is 0 Å². The summed E-state index contributed by atoms with van der Waals surface area (Å²) in [4.78, 5) is 30.7. The molecule has 0 saturated carbocycles. The number of carbonyl (C=O) groups is 2. The molecule has 0 radical (unpaired) electrons. The van der Waals surface area contributed by atoms with Gasteiger partial charge in [0.25, 0.3) is 5.91 Å². The SMILES string of the molecule is CC.CN(C)C/C=C/C(=O)N1CC2(C1)CN(C(=O)c1cccs1)C2. The third kappa shape index (κ3) is 4.05. The number of rotatable bonds is 4. The van der Waals surface area contributed by atoms with Crippen LogP contribution in [0.1, 0.15) is 23.5 Å². The van der Waals surface area contributed by atoms with Gasteiger partial charge in [-0.2, -0.15) is 0 Å². The van der Waals surface area contributed by atoms with Gasteiger partial charge in [0.2, 0.25) is 5.91 Å². The molecule has 2 aliphatic rings. The van der Waals surface area contributed by atoms with Crippen LogP contribution in [0.2, 0.25) is 0 Å². The summed E-state index contributed by atoms with van der Waals surface area (Å²) in [6.45, 7) is 7.86. The van der Waals surface area contributed by atoms with Gasteiger partial charge in [-0.05, 0) is 25.5 Å². The molecule has 1 aromatic heterocycles. The lowest BCUT2D eigenvalue weighted by atomic mass is 9.72. The van der Waals surface area contributed by atoms with Crippen LogP contribution in [0.25, 0.3) is 0 Å². The first-order valence-electron chi connectivity index (χ1n) is 8.42. The summed E-state index contributed by atoms with van der Waals surface area (Å²) >= 11 is 1.48. The number of hydrogen-bond acceptors (Lipinski definition) is 4. The van der Waals surface area contributed by atoms with E-state index in [9.17, 15) is 9.59 Å². The van der Waals surface area contributed by atoms with E-state index in [-0.39, 0.29) is 17.2 Å². The van der Waals surface area contributed by atoms with Crippen LogP contribution < -0.4 is 0 Å². The number of amides is 2. The summed E-state index contributed by atoms with van der Waals surface area (Å²) < 4.78 is 0. The second kappa shape index (κ2) is 7.94. The summed E-state index contributed by atoms with van der Waals surface area (Å²) in [5, 5.41) is 1.92. The Bertz CT molecular complexity index is 581. The maximum atomic E-state index is 12.2. The fraction of sp³-hybridized carbons (Fsp3) is 0.556. The first-order valence-corrected chi connectivity index (χ1v) is 9.30. The van der Waals surface area contributed by atoms with Crippen LogP contribution in [-0.4, -0.2) is 73.3 Å². The average molecular weight is 350 g/mol. The highest BCUT2D eigenvalue weighted by Crippen LogP contribution is 2.40. The third-order valence-electron chi connectivity index (χ3n) is 4.17. The number of thiophene rings is 1. The predicted molar refractivity (Wildman–Crippen MR) is 98.3 cm³/mol. The van der Waals surface area contributed by atoms with E-state index in [1.807, 2.05) is 66.2 Å². The summed E-state index contributed by atoms with van der Waals surface area (Å²) in [5.41, 5.74) is 0.151. The van der Waals surface area contributed by atoms with Crippen LogP contribution in [0.4, 0.5) is 0 Å². The number of nitrogens with zero attached hydrogens (tertiary/aromatic N) is 3. The Balaban J connectivity index is 0.00000100. The van der Waals surface area contributed by atoms with Gasteiger partial charge in [0.05, 0.1) is 4.88 Å². The molecule has 2 saturated heterocycles. The molecule has 132 valence electrons. The van der Waals surface area contributed by atoms with Gasteiger partial charge in [0.15, 0.2) is 0 Å². The van der Waals surface area contributed by atoms with E-state index >= 15 is 0 Å². The fourth-order valence-electron chi connectivity index (χ4n) is 3.05. The molecule has 0 bridgehead atoms. The Labute approximate surface area is 148 Å². The van der Waals surface area contributed by atoms with Gasteiger partial charge in [0.1, 0.15) is 0 Å². The molecule has 3 rings (SSSR count). The smallest absolute Gasteiger partial charge is 0.263 e. The Hall–Kier alpha value is -1.66. The molecule has 5 nitrogen and oxygen atoms in total. The van der Waals surface area contributed by atoms with Crippen molar-refractivity contribution in [1.29, 1.82) is 0 Å². The van der Waals surface area contributed by atoms with Crippen molar-refractivity contribution in [2.75, 3.05) is 46.8 Å². The van der Waals surface area contributed by atoms with Crippen LogP contribution >= 0.6 is 11.3 Å². The second-order valence-corrected chi connectivity index (χ2v) is 7.45. The van der Waals surface area contributed by atoms with Crippen molar-refractivity contribution in [2.24, 2.45) is 5.41 Å². The first kappa shape index (κ1) is 18.7. The van der Waals surface area contributed by atoms with Crippen molar-refractivity contribution in [3.8, 4) is 0 Å². The van der Waals surface area contributed by atoms with Gasteiger partial charge < -0.3 is 14.7 Å². The third-order valence-corrected chi connectivity index (χ3v) is 5.02. The predicted octanol–water partition coefficient (Wildman–Crippen LogP) is 2.18. The Morgan fingerprint density at radius 1 is 1.21 bits per heavy atom. The quantitative estimate of drug-likeness (QED) is 0.783. The monoisotopic (exact) mass is 349 g/mol. The Morgan fingerprint density at radius 3 is 2.38 bits per heavy atom. The maximum absolute atomic E-state index is 12.2. The minimum Gasteiger partial charge on any atom is -0.338 e. The maximum Gasteiger partial charge on any atom is 0.263 e. The molecular formula is C18H27N3O2S. The highest BCUT2D eigenvalue weighted by molar-refractivity contribution is 7.12. The van der Waals surface area contributed by atoms with E-state index in [1.54, 1.807) is 6.08 Å². The van der Waals surface area contributed by atoms with Crippen LogP contribution in [0, 0.1) is 5.41 Å². The molecule has 1 spiro atoms. The summed E-state index contributed by atoms with van der Waals surface area (Å²) in [6, 6.07) is 3.77. The molecule has 2 amide bonds. The molecule has 24 heavy (non-hydrogen) atoms. The first-order chi connectivity index (χ1) is 11.5. The van der Waals surface area contributed by atoms with Crippen molar-refractivity contribution < 1.29 is 9.59 Å². The lowest BCUT2D eigenvalue weighted by Gasteiger charge is -2.59. The summed E-state index contributed by atoms with van der Waals surface area (Å²) in [7, 11) is 3.95. The topological polar surface area (TPSA) is 43.9 Å². The number of hydrogen-bond donors (Lipinski definition) is 0. The molecular weight excluding hydrogens is 322 g/mol. The standard InChI is InChI=1S/C16H21N3O2S.C2H6/c1-17(2)7-3-6-14(20)18-9-16(10-18)11-19(12-16)15(21)13-5-4-8-22-13;1-2/h3-6,8H,7,9-12H2,1-2H3;1-2H3/b6-3+;. The van der Waals surface area contributed by atoms with Crippen molar-refractivity contribution in [2.45, 2.75) is 13.8 Å². The molecule has 6 heteroatoms. The zero-order valence-electron chi connectivity index (χ0n) is 15.0. The van der Waals surface area contributed by atoms with Gasteiger partial charge >= 0.3 is 0 Å². The van der Waals surface area contributed by atoms with E-state index in [2.05, 4.69) is 0 Å². The second-order valence-electron chi connectivity index (χ2n) is 6.50. The highest BCUT2D eigenvalue weighted by atomic mass is 32.1. The van der Waals surface area contributed by atoms with Gasteiger partial charge in [-0.3, -0.25) is 9.59 Å². The molecule has 0 aliphatic carbocycles. The number of likely N-dealkylation sites (tertiary alicyclic amines) is 2. The Morgan fingerprint density at radius 2 is 1.83 bits per heavy atom. The zero-order chi connectivity index (χ0) is 17.7. The molecule has 0 aromatic carbocycles. The molecule has 3 heterocycles. The number of carbonyl (C=O) groups excluding carboxylic acids is 2. The zero-order valence-corrected chi connectivity index (χ0v) is 15.8. The van der Waals surface area contributed by atoms with E-state index in [0.717, 1.165) is 37.6 Å². The van der Waals surface area contributed by atoms with Gasteiger partial charge in [0, 0.05) is 44.2 Å². The molecule has 2 aliphatic heterocycles. The van der Waals surface area contributed by atoms with Crippen molar-refractivity contribution in [3.63, 3.8) is 0 Å². The summed E-state index contributed by atoms with van der Waals surface area (Å²) in [6.07, 6.45) is 3.54. The van der Waals surface area contributed by atoms with E-state index in [4.69, 9.17) is 0 Å². The molecule has 2 fully saturated rings. The van der Waals surface area contributed by atoms with Gasteiger partial charge in [-0.15, -0.1) is 11.3 Å². The molecule has 1 aromatic rings. The average Bonchev–Trinajstić information content (AvgIpc) is 3.00.